The summed E-state index contributed by atoms with van der Waals surface area (Å²) < 4.78 is 1.59. The quantitative estimate of drug-likeness (QED) is 0.284. The highest BCUT2D eigenvalue weighted by Gasteiger charge is 2.16. The van der Waals surface area contributed by atoms with E-state index in [9.17, 15) is 5.11 Å². The first-order valence-corrected chi connectivity index (χ1v) is 11.3. The molecule has 33 heavy (non-hydrogen) atoms. The van der Waals surface area contributed by atoms with Crippen LogP contribution in [0.25, 0.3) is 10.9 Å². The molecular formula is C23H25Cl2N7O. The van der Waals surface area contributed by atoms with Crippen molar-refractivity contribution in [1.29, 1.82) is 0 Å². The van der Waals surface area contributed by atoms with Gasteiger partial charge in [0, 0.05) is 40.7 Å². The van der Waals surface area contributed by atoms with E-state index in [1.807, 2.05) is 30.3 Å². The molecule has 0 atom stereocenters. The molecule has 0 bridgehead atoms. The van der Waals surface area contributed by atoms with Crippen molar-refractivity contribution in [2.45, 2.75) is 38.8 Å². The van der Waals surface area contributed by atoms with Crippen molar-refractivity contribution in [3.05, 3.63) is 64.8 Å². The molecule has 0 radical (unpaired) electrons. The van der Waals surface area contributed by atoms with Crippen molar-refractivity contribution in [1.82, 2.24) is 24.7 Å². The molecule has 3 heterocycles. The van der Waals surface area contributed by atoms with Crippen LogP contribution in [0.4, 0.5) is 17.3 Å². The summed E-state index contributed by atoms with van der Waals surface area (Å²) in [7, 11) is 0. The van der Waals surface area contributed by atoms with Crippen molar-refractivity contribution in [3.8, 4) is 0 Å². The van der Waals surface area contributed by atoms with Gasteiger partial charge in [-0.25, -0.2) is 9.97 Å². The lowest BCUT2D eigenvalue weighted by molar-refractivity contribution is 0.0578. The summed E-state index contributed by atoms with van der Waals surface area (Å²) in [4.78, 5) is 13.2. The van der Waals surface area contributed by atoms with Gasteiger partial charge in [-0.15, -0.1) is 0 Å². The number of nitrogens with one attached hydrogen (secondary N) is 2. The van der Waals surface area contributed by atoms with Gasteiger partial charge in [0.25, 0.3) is 0 Å². The summed E-state index contributed by atoms with van der Waals surface area (Å²) in [5.41, 5.74) is 2.50. The van der Waals surface area contributed by atoms with Gasteiger partial charge >= 0.3 is 0 Å². The van der Waals surface area contributed by atoms with Gasteiger partial charge in [-0.05, 0) is 57.0 Å². The Morgan fingerprint density at radius 1 is 1.06 bits per heavy atom. The Bertz CT molecular complexity index is 1250. The number of anilines is 3. The molecule has 0 fully saturated rings. The van der Waals surface area contributed by atoms with Crippen LogP contribution in [0.15, 0.2) is 48.9 Å². The van der Waals surface area contributed by atoms with Gasteiger partial charge in [-0.3, -0.25) is 9.67 Å². The zero-order valence-corrected chi connectivity index (χ0v) is 19.9. The molecule has 8 nitrogen and oxygen atoms in total. The van der Waals surface area contributed by atoms with Crippen molar-refractivity contribution >= 4 is 51.4 Å². The van der Waals surface area contributed by atoms with Crippen LogP contribution in [0.1, 0.15) is 26.0 Å². The zero-order valence-electron chi connectivity index (χ0n) is 18.4. The second kappa shape index (κ2) is 9.91. The molecule has 4 rings (SSSR count). The Hall–Kier alpha value is -2.94. The minimum Gasteiger partial charge on any atom is -0.389 e. The second-order valence-corrected chi connectivity index (χ2v) is 9.18. The van der Waals surface area contributed by atoms with Crippen LogP contribution in [0.2, 0.25) is 10.2 Å². The lowest BCUT2D eigenvalue weighted by Gasteiger charge is -2.16. The highest BCUT2D eigenvalue weighted by atomic mass is 35.5. The molecule has 3 aromatic heterocycles. The molecule has 0 spiro atoms. The number of pyridine rings is 1. The fraction of sp³-hybridized carbons (Fsp3) is 0.304. The maximum absolute atomic E-state index is 9.97. The van der Waals surface area contributed by atoms with Crippen LogP contribution in [0.5, 0.6) is 0 Å². The van der Waals surface area contributed by atoms with Gasteiger partial charge in [-0.2, -0.15) is 5.10 Å². The number of benzene rings is 1. The predicted molar refractivity (Wildman–Crippen MR) is 132 cm³/mol. The molecule has 172 valence electrons. The lowest BCUT2D eigenvalue weighted by Crippen LogP contribution is -2.26. The number of aliphatic hydroxyl groups is 1. The van der Waals surface area contributed by atoms with Crippen molar-refractivity contribution in [2.24, 2.45) is 0 Å². The van der Waals surface area contributed by atoms with Crippen LogP contribution in [0, 0.1) is 0 Å². The molecule has 0 saturated heterocycles. The molecule has 0 amide bonds. The van der Waals surface area contributed by atoms with Crippen molar-refractivity contribution in [3.63, 3.8) is 0 Å². The third kappa shape index (κ3) is 6.31. The highest BCUT2D eigenvalue weighted by molar-refractivity contribution is 6.32. The van der Waals surface area contributed by atoms with Gasteiger partial charge in [-0.1, -0.05) is 23.2 Å². The van der Waals surface area contributed by atoms with Crippen LogP contribution < -0.4 is 10.6 Å². The van der Waals surface area contributed by atoms with Gasteiger partial charge in [0.1, 0.15) is 0 Å². The molecule has 0 unspecified atom stereocenters. The van der Waals surface area contributed by atoms with Gasteiger partial charge in [0.15, 0.2) is 5.15 Å². The SMILES string of the molecule is CC(C)(O)Cn1cc(Nc2nccc(CCCNc3ccnc4cc(Cl)ccc34)n2)c(Cl)n1. The van der Waals surface area contributed by atoms with Crippen LogP contribution in [-0.4, -0.2) is 42.0 Å². The number of aromatic nitrogens is 5. The smallest absolute Gasteiger partial charge is 0.227 e. The van der Waals surface area contributed by atoms with Crippen LogP contribution in [-0.2, 0) is 13.0 Å². The third-order valence-electron chi connectivity index (χ3n) is 4.86. The molecule has 3 N–H and O–H groups in total. The normalized spacial score (nSPS) is 11.7. The summed E-state index contributed by atoms with van der Waals surface area (Å²) >= 11 is 12.3. The number of hydrogen-bond acceptors (Lipinski definition) is 7. The maximum atomic E-state index is 9.97. The molecule has 4 aromatic rings. The van der Waals surface area contributed by atoms with Crippen molar-refractivity contribution < 1.29 is 5.11 Å². The molecule has 0 aliphatic heterocycles. The Morgan fingerprint density at radius 3 is 2.70 bits per heavy atom. The number of aryl methyl sites for hydroxylation is 1. The molecule has 1 aromatic carbocycles. The number of fused-ring (bicyclic) bond motifs is 1. The first-order valence-electron chi connectivity index (χ1n) is 10.6. The van der Waals surface area contributed by atoms with Crippen LogP contribution >= 0.6 is 23.2 Å². The maximum Gasteiger partial charge on any atom is 0.227 e. The number of halogens is 2. The topological polar surface area (TPSA) is 101 Å². The second-order valence-electron chi connectivity index (χ2n) is 8.39. The third-order valence-corrected chi connectivity index (χ3v) is 5.37. The summed E-state index contributed by atoms with van der Waals surface area (Å²) in [5, 5.41) is 22.8. The van der Waals surface area contributed by atoms with Crippen molar-refractivity contribution in [2.75, 3.05) is 17.2 Å². The van der Waals surface area contributed by atoms with E-state index in [2.05, 4.69) is 30.7 Å². The van der Waals surface area contributed by atoms with E-state index in [-0.39, 0.29) is 0 Å². The van der Waals surface area contributed by atoms with Gasteiger partial charge in [0.05, 0.1) is 29.5 Å². The number of rotatable bonds is 9. The Morgan fingerprint density at radius 2 is 1.88 bits per heavy atom. The van der Waals surface area contributed by atoms with E-state index in [1.54, 1.807) is 37.1 Å². The summed E-state index contributed by atoms with van der Waals surface area (Å²) in [6, 6.07) is 9.56. The molecule has 10 heteroatoms. The van der Waals surface area contributed by atoms with E-state index >= 15 is 0 Å². The Balaban J connectivity index is 1.34. The van der Waals surface area contributed by atoms with Crippen LogP contribution in [0.3, 0.4) is 0 Å². The largest absolute Gasteiger partial charge is 0.389 e. The number of nitrogens with zero attached hydrogens (tertiary/aromatic N) is 5. The molecule has 0 saturated carbocycles. The van der Waals surface area contributed by atoms with E-state index in [0.717, 1.165) is 41.7 Å². The van der Waals surface area contributed by atoms with E-state index < -0.39 is 5.60 Å². The summed E-state index contributed by atoms with van der Waals surface area (Å²) in [6.45, 7) is 4.53. The first-order chi connectivity index (χ1) is 15.8. The Labute approximate surface area is 202 Å². The van der Waals surface area contributed by atoms with E-state index in [4.69, 9.17) is 23.2 Å². The standard InChI is InChI=1S/C23H25Cl2N7O/c1-23(2,33)14-32-13-20(21(25)31-32)30-22-28-10-7-16(29-22)4-3-9-26-18-8-11-27-19-12-15(24)5-6-17(18)19/h5-8,10-13,33H,3-4,9,14H2,1-2H3,(H,26,27)(H,28,29,30). The fourth-order valence-corrected chi connectivity index (χ4v) is 3.80. The van der Waals surface area contributed by atoms with E-state index in [1.165, 1.54) is 0 Å². The van der Waals surface area contributed by atoms with Gasteiger partial charge in [0.2, 0.25) is 5.95 Å². The minimum atomic E-state index is -0.896. The minimum absolute atomic E-state index is 0.295. The monoisotopic (exact) mass is 485 g/mol. The molecular weight excluding hydrogens is 461 g/mol. The molecule has 0 aliphatic carbocycles. The average molecular weight is 486 g/mol. The first kappa shape index (κ1) is 23.2. The highest BCUT2D eigenvalue weighted by Crippen LogP contribution is 2.25. The average Bonchev–Trinajstić information content (AvgIpc) is 3.08. The lowest BCUT2D eigenvalue weighted by atomic mass is 10.1. The predicted octanol–water partition coefficient (Wildman–Crippen LogP) is 5.09. The Kier molecular flexibility index (Phi) is 6.97. The fourth-order valence-electron chi connectivity index (χ4n) is 3.44. The summed E-state index contributed by atoms with van der Waals surface area (Å²) in [6.07, 6.45) is 6.89. The zero-order chi connectivity index (χ0) is 23.4. The summed E-state index contributed by atoms with van der Waals surface area (Å²) in [5.74, 6) is 0.446. The van der Waals surface area contributed by atoms with Gasteiger partial charge < -0.3 is 15.7 Å². The number of hydrogen-bond donors (Lipinski definition) is 3. The van der Waals surface area contributed by atoms with E-state index in [0.29, 0.717) is 28.4 Å². The molecule has 0 aliphatic rings.